The summed E-state index contributed by atoms with van der Waals surface area (Å²) >= 11 is 6.23. The maximum atomic E-state index is 13.9. The predicted molar refractivity (Wildman–Crippen MR) is 123 cm³/mol. The summed E-state index contributed by atoms with van der Waals surface area (Å²) in [6.07, 6.45) is -4.78. The standard InChI is InChI=1S/C24H20ClF3N4O2/c1-14-18(25)9-6-10-19(14)32-23-22(15(2)30-32)17(24(26,27)28)11-21(34)31(23)13-20(33)29-12-16-7-4-3-5-8-16/h3-11H,12-13H2,1-2H3,(H,29,33). The van der Waals surface area contributed by atoms with Crippen LogP contribution in [-0.4, -0.2) is 20.3 Å². The second-order valence-corrected chi connectivity index (χ2v) is 8.23. The molecule has 2 aromatic heterocycles. The number of alkyl halides is 3. The van der Waals surface area contributed by atoms with E-state index in [4.69, 9.17) is 11.6 Å². The number of carbonyl (C=O) groups excluding carboxylic acids is 1. The molecule has 0 aliphatic rings. The maximum Gasteiger partial charge on any atom is 0.417 e. The fourth-order valence-corrected chi connectivity index (χ4v) is 3.99. The number of pyridine rings is 1. The second kappa shape index (κ2) is 8.98. The predicted octanol–water partition coefficient (Wildman–Crippen LogP) is 4.79. The third-order valence-electron chi connectivity index (χ3n) is 5.50. The van der Waals surface area contributed by atoms with E-state index in [1.807, 2.05) is 30.3 Å². The van der Waals surface area contributed by atoms with Crippen LogP contribution in [0.15, 0.2) is 59.4 Å². The number of benzene rings is 2. The van der Waals surface area contributed by atoms with E-state index in [2.05, 4.69) is 10.4 Å². The van der Waals surface area contributed by atoms with Crippen LogP contribution < -0.4 is 10.9 Å². The highest BCUT2D eigenvalue weighted by molar-refractivity contribution is 6.31. The van der Waals surface area contributed by atoms with Gasteiger partial charge in [-0.05, 0) is 37.1 Å². The average Bonchev–Trinajstić information content (AvgIpc) is 3.12. The van der Waals surface area contributed by atoms with E-state index >= 15 is 0 Å². The first-order valence-electron chi connectivity index (χ1n) is 10.3. The molecule has 34 heavy (non-hydrogen) atoms. The van der Waals surface area contributed by atoms with Crippen LogP contribution in [0.4, 0.5) is 13.2 Å². The van der Waals surface area contributed by atoms with Crippen molar-refractivity contribution in [1.82, 2.24) is 19.7 Å². The Balaban J connectivity index is 1.87. The van der Waals surface area contributed by atoms with Gasteiger partial charge in [-0.1, -0.05) is 48.0 Å². The summed E-state index contributed by atoms with van der Waals surface area (Å²) in [4.78, 5) is 25.6. The topological polar surface area (TPSA) is 68.9 Å². The number of hydrogen-bond donors (Lipinski definition) is 1. The van der Waals surface area contributed by atoms with Crippen molar-refractivity contribution >= 4 is 28.5 Å². The van der Waals surface area contributed by atoms with Gasteiger partial charge in [0.25, 0.3) is 5.56 Å². The molecule has 0 aliphatic heterocycles. The monoisotopic (exact) mass is 488 g/mol. The van der Waals surface area contributed by atoms with Crippen LogP contribution in [0.2, 0.25) is 5.02 Å². The van der Waals surface area contributed by atoms with Gasteiger partial charge in [0.05, 0.1) is 22.3 Å². The SMILES string of the molecule is Cc1c(Cl)cccc1-n1nc(C)c2c(C(F)(F)F)cc(=O)n(CC(=O)NCc3ccccc3)c21. The second-order valence-electron chi connectivity index (χ2n) is 7.82. The van der Waals surface area contributed by atoms with Crippen molar-refractivity contribution in [3.63, 3.8) is 0 Å². The van der Waals surface area contributed by atoms with Gasteiger partial charge in [0.1, 0.15) is 12.2 Å². The first-order valence-corrected chi connectivity index (χ1v) is 10.7. The maximum absolute atomic E-state index is 13.9. The van der Waals surface area contributed by atoms with Gasteiger partial charge in [-0.15, -0.1) is 0 Å². The van der Waals surface area contributed by atoms with E-state index < -0.39 is 29.8 Å². The number of carbonyl (C=O) groups is 1. The van der Waals surface area contributed by atoms with Gasteiger partial charge in [-0.25, -0.2) is 4.68 Å². The fourth-order valence-electron chi connectivity index (χ4n) is 3.82. The third-order valence-corrected chi connectivity index (χ3v) is 5.91. The minimum atomic E-state index is -4.78. The van der Waals surface area contributed by atoms with Crippen molar-refractivity contribution in [2.75, 3.05) is 0 Å². The number of halogens is 4. The van der Waals surface area contributed by atoms with E-state index in [0.29, 0.717) is 22.3 Å². The van der Waals surface area contributed by atoms with Crippen LogP contribution in [0.5, 0.6) is 0 Å². The van der Waals surface area contributed by atoms with Crippen LogP contribution in [0.3, 0.4) is 0 Å². The molecule has 0 radical (unpaired) electrons. The number of hydrogen-bond acceptors (Lipinski definition) is 3. The lowest BCUT2D eigenvalue weighted by Crippen LogP contribution is -2.33. The van der Waals surface area contributed by atoms with Gasteiger partial charge in [-0.2, -0.15) is 18.3 Å². The first-order chi connectivity index (χ1) is 16.1. The zero-order valence-electron chi connectivity index (χ0n) is 18.3. The number of nitrogens with one attached hydrogen (secondary N) is 1. The first kappa shape index (κ1) is 23.6. The van der Waals surface area contributed by atoms with Gasteiger partial charge < -0.3 is 5.32 Å². The smallest absolute Gasteiger partial charge is 0.350 e. The summed E-state index contributed by atoms with van der Waals surface area (Å²) in [6.45, 7) is 2.86. The number of amides is 1. The van der Waals surface area contributed by atoms with E-state index in [9.17, 15) is 22.8 Å². The summed E-state index contributed by atoms with van der Waals surface area (Å²) in [5.74, 6) is -0.528. The van der Waals surface area contributed by atoms with Crippen molar-refractivity contribution in [3.8, 4) is 5.69 Å². The molecule has 0 spiro atoms. The number of rotatable bonds is 5. The number of fused-ring (bicyclic) bond motifs is 1. The zero-order valence-corrected chi connectivity index (χ0v) is 19.0. The van der Waals surface area contributed by atoms with Crippen LogP contribution in [0.25, 0.3) is 16.7 Å². The molecule has 2 heterocycles. The largest absolute Gasteiger partial charge is 0.417 e. The van der Waals surface area contributed by atoms with Crippen LogP contribution in [0.1, 0.15) is 22.4 Å². The minimum absolute atomic E-state index is 0.0696. The number of aromatic nitrogens is 3. The van der Waals surface area contributed by atoms with E-state index in [1.165, 1.54) is 11.6 Å². The van der Waals surface area contributed by atoms with Gasteiger partial charge in [0, 0.05) is 17.6 Å². The average molecular weight is 489 g/mol. The lowest BCUT2D eigenvalue weighted by molar-refractivity contribution is -0.136. The zero-order chi connectivity index (χ0) is 24.6. The summed E-state index contributed by atoms with van der Waals surface area (Å²) in [5, 5.41) is 7.15. The van der Waals surface area contributed by atoms with Crippen LogP contribution in [-0.2, 0) is 24.1 Å². The summed E-state index contributed by atoms with van der Waals surface area (Å²) < 4.78 is 43.8. The van der Waals surface area contributed by atoms with E-state index in [1.54, 1.807) is 25.1 Å². The molecular formula is C24H20ClF3N4O2. The quantitative estimate of drug-likeness (QED) is 0.439. The molecule has 6 nitrogen and oxygen atoms in total. The third kappa shape index (κ3) is 4.43. The molecule has 0 fully saturated rings. The normalized spacial score (nSPS) is 11.7. The van der Waals surface area contributed by atoms with Crippen molar-refractivity contribution < 1.29 is 18.0 Å². The molecule has 176 valence electrons. The Morgan fingerprint density at radius 3 is 2.47 bits per heavy atom. The molecule has 0 atom stereocenters. The summed E-state index contributed by atoms with van der Waals surface area (Å²) in [6, 6.07) is 14.5. The number of nitrogens with zero attached hydrogens (tertiary/aromatic N) is 3. The molecule has 1 amide bonds. The molecule has 2 aromatic carbocycles. The molecule has 0 unspecified atom stereocenters. The van der Waals surface area contributed by atoms with E-state index in [0.717, 1.165) is 10.1 Å². The Bertz CT molecular complexity index is 1440. The Morgan fingerprint density at radius 1 is 1.09 bits per heavy atom. The van der Waals surface area contributed by atoms with Crippen molar-refractivity contribution in [3.05, 3.63) is 92.4 Å². The van der Waals surface area contributed by atoms with Crippen molar-refractivity contribution in [2.45, 2.75) is 33.1 Å². The number of aryl methyl sites for hydroxylation is 1. The highest BCUT2D eigenvalue weighted by atomic mass is 35.5. The summed E-state index contributed by atoms with van der Waals surface area (Å²) in [5.41, 5.74) is -0.303. The van der Waals surface area contributed by atoms with Crippen LogP contribution >= 0.6 is 11.6 Å². The van der Waals surface area contributed by atoms with Gasteiger partial charge in [0.2, 0.25) is 5.91 Å². The van der Waals surface area contributed by atoms with Gasteiger partial charge >= 0.3 is 6.18 Å². The molecule has 4 rings (SSSR count). The Morgan fingerprint density at radius 2 is 1.79 bits per heavy atom. The van der Waals surface area contributed by atoms with Gasteiger partial charge in [0.15, 0.2) is 0 Å². The lowest BCUT2D eigenvalue weighted by atomic mass is 10.1. The van der Waals surface area contributed by atoms with Crippen molar-refractivity contribution in [1.29, 1.82) is 0 Å². The lowest BCUT2D eigenvalue weighted by Gasteiger charge is -2.16. The fraction of sp³-hybridized carbons (Fsp3) is 0.208. The van der Waals surface area contributed by atoms with Gasteiger partial charge in [-0.3, -0.25) is 14.2 Å². The molecule has 10 heteroatoms. The minimum Gasteiger partial charge on any atom is -0.350 e. The summed E-state index contributed by atoms with van der Waals surface area (Å²) in [7, 11) is 0. The molecule has 4 aromatic rings. The highest BCUT2D eigenvalue weighted by Crippen LogP contribution is 2.36. The Kier molecular flexibility index (Phi) is 6.22. The van der Waals surface area contributed by atoms with E-state index in [-0.39, 0.29) is 23.3 Å². The molecular weight excluding hydrogens is 469 g/mol. The Hall–Kier alpha value is -3.59. The van der Waals surface area contributed by atoms with Crippen LogP contribution in [0, 0.1) is 13.8 Å². The molecule has 0 saturated heterocycles. The molecule has 1 N–H and O–H groups in total. The highest BCUT2D eigenvalue weighted by Gasteiger charge is 2.36. The molecule has 0 aliphatic carbocycles. The molecule has 0 saturated carbocycles. The Labute approximate surface area is 197 Å². The molecule has 0 bridgehead atoms. The van der Waals surface area contributed by atoms with Crippen molar-refractivity contribution in [2.24, 2.45) is 0 Å².